The standard InChI is InChI=1S/C15H15N7S/c1-9(2)11-7-12(21(3)19-11)13-17-18-15-22(13)20-14(23-15)10-5-4-6-16-8-10/h4-9H,1-3H3. The fraction of sp³-hybridized carbons (Fsp3) is 0.267. The zero-order valence-electron chi connectivity index (χ0n) is 13.0. The van der Waals surface area contributed by atoms with E-state index in [9.17, 15) is 0 Å². The summed E-state index contributed by atoms with van der Waals surface area (Å²) in [7, 11) is 1.91. The van der Waals surface area contributed by atoms with E-state index in [-0.39, 0.29) is 0 Å². The fourth-order valence-electron chi connectivity index (χ4n) is 2.36. The van der Waals surface area contributed by atoms with E-state index in [0.717, 1.165) is 26.9 Å². The van der Waals surface area contributed by atoms with E-state index in [1.165, 1.54) is 11.3 Å². The summed E-state index contributed by atoms with van der Waals surface area (Å²) in [5.74, 6) is 1.06. The number of pyridine rings is 1. The molecule has 4 heterocycles. The number of nitrogens with zero attached hydrogens (tertiary/aromatic N) is 7. The van der Waals surface area contributed by atoms with Gasteiger partial charge in [0.1, 0.15) is 10.7 Å². The minimum Gasteiger partial charge on any atom is -0.264 e. The Morgan fingerprint density at radius 2 is 2.04 bits per heavy atom. The minimum absolute atomic E-state index is 0.361. The topological polar surface area (TPSA) is 73.8 Å². The molecule has 0 amide bonds. The summed E-state index contributed by atoms with van der Waals surface area (Å²) in [4.78, 5) is 4.90. The lowest BCUT2D eigenvalue weighted by Gasteiger charge is -1.97. The summed E-state index contributed by atoms with van der Waals surface area (Å²) in [6.45, 7) is 4.24. The first kappa shape index (κ1) is 14.0. The molecule has 4 aromatic rings. The number of aromatic nitrogens is 7. The highest BCUT2D eigenvalue weighted by Crippen LogP contribution is 2.28. The Labute approximate surface area is 136 Å². The van der Waals surface area contributed by atoms with Crippen LogP contribution in [-0.2, 0) is 7.05 Å². The van der Waals surface area contributed by atoms with Crippen LogP contribution in [0.5, 0.6) is 0 Å². The van der Waals surface area contributed by atoms with Crippen molar-refractivity contribution in [2.45, 2.75) is 19.8 Å². The summed E-state index contributed by atoms with van der Waals surface area (Å²) >= 11 is 1.49. The molecule has 0 atom stereocenters. The van der Waals surface area contributed by atoms with Gasteiger partial charge in [0, 0.05) is 25.0 Å². The van der Waals surface area contributed by atoms with Gasteiger partial charge in [-0.25, -0.2) is 0 Å². The quantitative estimate of drug-likeness (QED) is 0.579. The number of hydrogen-bond donors (Lipinski definition) is 0. The van der Waals surface area contributed by atoms with E-state index in [2.05, 4.69) is 39.2 Å². The molecular weight excluding hydrogens is 310 g/mol. The number of fused-ring (bicyclic) bond motifs is 1. The molecule has 0 aliphatic carbocycles. The summed E-state index contributed by atoms with van der Waals surface area (Å²) < 4.78 is 3.60. The van der Waals surface area contributed by atoms with Gasteiger partial charge in [0.05, 0.1) is 5.69 Å². The second-order valence-corrected chi connectivity index (χ2v) is 6.56. The molecule has 0 aromatic carbocycles. The van der Waals surface area contributed by atoms with E-state index in [0.29, 0.717) is 11.7 Å². The summed E-state index contributed by atoms with van der Waals surface area (Å²) in [5.41, 5.74) is 2.91. The highest BCUT2D eigenvalue weighted by atomic mass is 32.1. The van der Waals surface area contributed by atoms with Crippen molar-refractivity contribution in [3.8, 4) is 22.1 Å². The largest absolute Gasteiger partial charge is 0.264 e. The lowest BCUT2D eigenvalue weighted by Crippen LogP contribution is -1.99. The molecule has 23 heavy (non-hydrogen) atoms. The first-order valence-corrected chi connectivity index (χ1v) is 8.12. The maximum atomic E-state index is 4.64. The second kappa shape index (κ2) is 5.24. The van der Waals surface area contributed by atoms with Gasteiger partial charge in [0.25, 0.3) is 0 Å². The van der Waals surface area contributed by atoms with Gasteiger partial charge in [-0.3, -0.25) is 9.67 Å². The monoisotopic (exact) mass is 325 g/mol. The van der Waals surface area contributed by atoms with E-state index in [4.69, 9.17) is 0 Å². The van der Waals surface area contributed by atoms with Crippen LogP contribution in [0.25, 0.3) is 27.1 Å². The third-order valence-electron chi connectivity index (χ3n) is 3.62. The van der Waals surface area contributed by atoms with Crippen molar-refractivity contribution in [3.63, 3.8) is 0 Å². The lowest BCUT2D eigenvalue weighted by atomic mass is 10.1. The lowest BCUT2D eigenvalue weighted by molar-refractivity contribution is 0.713. The van der Waals surface area contributed by atoms with Crippen molar-refractivity contribution in [3.05, 3.63) is 36.3 Å². The molecule has 0 radical (unpaired) electrons. The Kier molecular flexibility index (Phi) is 3.19. The number of aryl methyl sites for hydroxylation is 1. The van der Waals surface area contributed by atoms with Gasteiger partial charge in [-0.2, -0.15) is 14.7 Å². The predicted octanol–water partition coefficient (Wildman–Crippen LogP) is 2.77. The zero-order chi connectivity index (χ0) is 16.0. The van der Waals surface area contributed by atoms with Crippen LogP contribution in [0.1, 0.15) is 25.5 Å². The average Bonchev–Trinajstić information content (AvgIpc) is 3.21. The molecule has 0 bridgehead atoms. The predicted molar refractivity (Wildman–Crippen MR) is 88.2 cm³/mol. The molecule has 0 saturated carbocycles. The van der Waals surface area contributed by atoms with Crippen LogP contribution < -0.4 is 0 Å². The van der Waals surface area contributed by atoms with Crippen LogP contribution in [0.2, 0.25) is 0 Å². The molecule has 0 aliphatic heterocycles. The summed E-state index contributed by atoms with van der Waals surface area (Å²) in [6, 6.07) is 5.93. The van der Waals surface area contributed by atoms with Gasteiger partial charge in [-0.1, -0.05) is 25.2 Å². The first-order valence-electron chi connectivity index (χ1n) is 7.30. The maximum absolute atomic E-state index is 4.64. The second-order valence-electron chi connectivity index (χ2n) is 5.60. The van der Waals surface area contributed by atoms with E-state index in [1.54, 1.807) is 16.9 Å². The number of rotatable bonds is 3. The Hall–Kier alpha value is -2.61. The van der Waals surface area contributed by atoms with Gasteiger partial charge in [0.2, 0.25) is 10.8 Å². The van der Waals surface area contributed by atoms with Gasteiger partial charge in [0.15, 0.2) is 0 Å². The van der Waals surface area contributed by atoms with E-state index < -0.39 is 0 Å². The highest BCUT2D eigenvalue weighted by molar-refractivity contribution is 7.19. The summed E-state index contributed by atoms with van der Waals surface area (Å²) in [5, 5.41) is 18.6. The van der Waals surface area contributed by atoms with Crippen LogP contribution in [-0.4, -0.2) is 34.6 Å². The van der Waals surface area contributed by atoms with Crippen molar-refractivity contribution in [2.24, 2.45) is 7.05 Å². The van der Waals surface area contributed by atoms with Crippen LogP contribution in [0.4, 0.5) is 0 Å². The molecule has 116 valence electrons. The Morgan fingerprint density at radius 3 is 2.74 bits per heavy atom. The third kappa shape index (κ3) is 2.31. The van der Waals surface area contributed by atoms with Gasteiger partial charge in [-0.05, 0) is 24.1 Å². The molecule has 0 fully saturated rings. The van der Waals surface area contributed by atoms with Gasteiger partial charge in [-0.15, -0.1) is 10.2 Å². The normalized spacial score (nSPS) is 11.7. The molecule has 8 heteroatoms. The molecule has 0 N–H and O–H groups in total. The SMILES string of the molecule is CC(C)c1cc(-c2nnc3sc(-c4cccnc4)nn23)n(C)n1. The van der Waals surface area contributed by atoms with Gasteiger partial charge < -0.3 is 0 Å². The van der Waals surface area contributed by atoms with Crippen LogP contribution in [0, 0.1) is 0 Å². The van der Waals surface area contributed by atoms with Crippen molar-refractivity contribution in [1.29, 1.82) is 0 Å². The van der Waals surface area contributed by atoms with Crippen LogP contribution in [0.15, 0.2) is 30.6 Å². The molecule has 4 aromatic heterocycles. The van der Waals surface area contributed by atoms with Gasteiger partial charge >= 0.3 is 0 Å². The zero-order valence-corrected chi connectivity index (χ0v) is 13.8. The molecule has 4 rings (SSSR count). The smallest absolute Gasteiger partial charge is 0.235 e. The molecule has 0 aliphatic rings. The molecular formula is C15H15N7S. The highest BCUT2D eigenvalue weighted by Gasteiger charge is 2.18. The first-order chi connectivity index (χ1) is 11.1. The Bertz CT molecular complexity index is 964. The van der Waals surface area contributed by atoms with Crippen LogP contribution in [0.3, 0.4) is 0 Å². The minimum atomic E-state index is 0.361. The Morgan fingerprint density at radius 1 is 1.17 bits per heavy atom. The van der Waals surface area contributed by atoms with Crippen molar-refractivity contribution >= 4 is 16.3 Å². The Balaban J connectivity index is 1.84. The molecule has 0 saturated heterocycles. The number of hydrogen-bond acceptors (Lipinski definition) is 6. The van der Waals surface area contributed by atoms with Crippen molar-refractivity contribution in [2.75, 3.05) is 0 Å². The summed E-state index contributed by atoms with van der Waals surface area (Å²) in [6.07, 6.45) is 3.55. The van der Waals surface area contributed by atoms with Crippen LogP contribution >= 0.6 is 11.3 Å². The third-order valence-corrected chi connectivity index (χ3v) is 4.57. The van der Waals surface area contributed by atoms with E-state index in [1.807, 2.05) is 29.9 Å². The average molecular weight is 325 g/mol. The van der Waals surface area contributed by atoms with Crippen molar-refractivity contribution < 1.29 is 0 Å². The molecule has 0 spiro atoms. The molecule has 7 nitrogen and oxygen atoms in total. The molecule has 0 unspecified atom stereocenters. The maximum Gasteiger partial charge on any atom is 0.235 e. The van der Waals surface area contributed by atoms with E-state index >= 15 is 0 Å². The fourth-order valence-corrected chi connectivity index (χ4v) is 3.19. The van der Waals surface area contributed by atoms with Crippen molar-refractivity contribution in [1.82, 2.24) is 34.6 Å².